The number of fused-ring (bicyclic) bond motifs is 1. The first-order valence-electron chi connectivity index (χ1n) is 21.1. The van der Waals surface area contributed by atoms with E-state index in [1.807, 2.05) is 24.3 Å². The van der Waals surface area contributed by atoms with Gasteiger partial charge in [-0.1, -0.05) is 36.4 Å². The van der Waals surface area contributed by atoms with Crippen LogP contribution in [-0.2, 0) is 11.3 Å². The van der Waals surface area contributed by atoms with Crippen LogP contribution in [0.4, 0.5) is 22.7 Å². The highest BCUT2D eigenvalue weighted by atomic mass is 35.5. The molecule has 302 valence electrons. The molecule has 1 spiro atoms. The standard InChI is InChI=1S/C46H53ClN8O3/c1-31-4-13-42(43(56)49-31)55-44(57)38-11-9-36(26-39(38)45(55)58)51-18-14-35(15-19-51)53-24-22-50(23-25-53)29-33-5-7-34(8-6-33)52-20-16-46(17-21-52)28-32(2)54(30-46)37-10-12-41(48-3)40(47)27-37/h5-12,26-27,32,35,42H,1,4,13-25,28-30H2,2H3,(H,49,56)/t32-,42?/m0/s1. The lowest BCUT2D eigenvalue weighted by molar-refractivity contribution is -0.125. The van der Waals surface area contributed by atoms with E-state index in [4.69, 9.17) is 18.2 Å². The molecule has 6 aliphatic rings. The Labute approximate surface area is 347 Å². The summed E-state index contributed by atoms with van der Waals surface area (Å²) in [6.07, 6.45) is 6.63. The minimum atomic E-state index is -0.795. The highest BCUT2D eigenvalue weighted by Gasteiger charge is 2.45. The normalized spacial score (nSPS) is 24.4. The number of rotatable bonds is 7. The lowest BCUT2D eigenvalue weighted by atomic mass is 9.76. The quantitative estimate of drug-likeness (QED) is 0.203. The summed E-state index contributed by atoms with van der Waals surface area (Å²) < 4.78 is 0. The number of anilines is 3. The van der Waals surface area contributed by atoms with Crippen LogP contribution >= 0.6 is 11.6 Å². The van der Waals surface area contributed by atoms with Crippen LogP contribution in [0.15, 0.2) is 72.9 Å². The van der Waals surface area contributed by atoms with Crippen molar-refractivity contribution >= 4 is 52.1 Å². The molecule has 6 aliphatic heterocycles. The molecule has 11 nitrogen and oxygen atoms in total. The van der Waals surface area contributed by atoms with E-state index in [-0.39, 0.29) is 17.7 Å². The van der Waals surface area contributed by atoms with Gasteiger partial charge >= 0.3 is 0 Å². The number of carbonyl (C=O) groups is 3. The van der Waals surface area contributed by atoms with Crippen molar-refractivity contribution in [1.82, 2.24) is 20.0 Å². The summed E-state index contributed by atoms with van der Waals surface area (Å²) in [6.45, 7) is 23.7. The molecular formula is C46H53ClN8O3. The van der Waals surface area contributed by atoms with E-state index in [2.05, 4.69) is 78.5 Å². The Hall–Kier alpha value is -4.89. The zero-order valence-electron chi connectivity index (χ0n) is 33.5. The van der Waals surface area contributed by atoms with Gasteiger partial charge in [-0.25, -0.2) is 4.85 Å². The highest BCUT2D eigenvalue weighted by molar-refractivity contribution is 6.33. The van der Waals surface area contributed by atoms with Crippen molar-refractivity contribution in [3.05, 3.63) is 106 Å². The molecule has 0 aliphatic carbocycles. The maximum atomic E-state index is 13.4. The van der Waals surface area contributed by atoms with Crippen LogP contribution in [0, 0.1) is 12.0 Å². The average Bonchev–Trinajstić information content (AvgIpc) is 3.69. The predicted octanol–water partition coefficient (Wildman–Crippen LogP) is 6.95. The molecule has 0 aromatic heterocycles. The lowest BCUT2D eigenvalue weighted by Gasteiger charge is -2.43. The Kier molecular flexibility index (Phi) is 10.5. The van der Waals surface area contributed by atoms with E-state index in [0.717, 1.165) is 94.6 Å². The van der Waals surface area contributed by atoms with Gasteiger partial charge in [0.1, 0.15) is 6.04 Å². The SMILES string of the molecule is [C-]#[N+]c1ccc(N2CC3(CCN(c4ccc(CN5CCN(C6CCN(c7ccc8c(c7)C(=O)N(C7CCC(=C)NC7=O)C8=O)CC6)CC5)cc4)CC3)C[C@@H]2C)cc1Cl. The Morgan fingerprint density at radius 1 is 0.810 bits per heavy atom. The molecule has 9 rings (SSSR count). The van der Waals surface area contributed by atoms with E-state index in [1.165, 1.54) is 30.5 Å². The van der Waals surface area contributed by atoms with Gasteiger partial charge in [-0.3, -0.25) is 29.1 Å². The molecule has 3 aromatic carbocycles. The van der Waals surface area contributed by atoms with Gasteiger partial charge in [0.2, 0.25) is 11.6 Å². The van der Waals surface area contributed by atoms with Crippen LogP contribution in [0.3, 0.4) is 0 Å². The number of nitrogens with zero attached hydrogens (tertiary/aromatic N) is 7. The van der Waals surface area contributed by atoms with Crippen molar-refractivity contribution in [2.45, 2.75) is 76.5 Å². The van der Waals surface area contributed by atoms with E-state index in [1.54, 1.807) is 6.07 Å². The number of hydrogen-bond acceptors (Lipinski definition) is 8. The molecule has 0 saturated carbocycles. The van der Waals surface area contributed by atoms with Gasteiger partial charge in [-0.05, 0) is 105 Å². The van der Waals surface area contributed by atoms with E-state index >= 15 is 0 Å². The fourth-order valence-electron chi connectivity index (χ4n) is 10.6. The molecule has 58 heavy (non-hydrogen) atoms. The van der Waals surface area contributed by atoms with E-state index < -0.39 is 6.04 Å². The summed E-state index contributed by atoms with van der Waals surface area (Å²) >= 11 is 6.40. The highest BCUT2D eigenvalue weighted by Crippen LogP contribution is 2.46. The van der Waals surface area contributed by atoms with Crippen LogP contribution in [0.5, 0.6) is 0 Å². The van der Waals surface area contributed by atoms with Crippen LogP contribution < -0.4 is 20.0 Å². The number of allylic oxidation sites excluding steroid dienone is 1. The summed E-state index contributed by atoms with van der Waals surface area (Å²) in [6, 6.07) is 20.9. The van der Waals surface area contributed by atoms with Crippen LogP contribution in [0.2, 0.25) is 5.02 Å². The van der Waals surface area contributed by atoms with Crippen LogP contribution in [0.25, 0.3) is 4.85 Å². The monoisotopic (exact) mass is 800 g/mol. The molecule has 0 bridgehead atoms. The number of piperidine rings is 3. The van der Waals surface area contributed by atoms with Gasteiger partial charge in [0.25, 0.3) is 11.8 Å². The van der Waals surface area contributed by atoms with Gasteiger partial charge in [0.15, 0.2) is 0 Å². The lowest BCUT2D eigenvalue weighted by Crippen LogP contribution is -2.53. The van der Waals surface area contributed by atoms with Gasteiger partial charge < -0.3 is 20.0 Å². The van der Waals surface area contributed by atoms with Crippen LogP contribution in [-0.4, -0.2) is 109 Å². The molecule has 3 amide bonds. The molecule has 1 N–H and O–H groups in total. The van der Waals surface area contributed by atoms with Crippen molar-refractivity contribution in [2.24, 2.45) is 5.41 Å². The second-order valence-corrected chi connectivity index (χ2v) is 17.9. The third-order valence-corrected chi connectivity index (χ3v) is 14.3. The number of imide groups is 1. The maximum absolute atomic E-state index is 13.4. The summed E-state index contributed by atoms with van der Waals surface area (Å²) in [5.41, 5.74) is 7.02. The second-order valence-electron chi connectivity index (χ2n) is 17.5. The average molecular weight is 801 g/mol. The number of amides is 3. The van der Waals surface area contributed by atoms with Crippen molar-refractivity contribution in [2.75, 3.05) is 73.6 Å². The minimum Gasteiger partial charge on any atom is -0.371 e. The smallest absolute Gasteiger partial charge is 0.262 e. The fraction of sp³-hybridized carbons (Fsp3) is 0.478. The Bertz CT molecular complexity index is 2140. The fourth-order valence-corrected chi connectivity index (χ4v) is 10.8. The topological polar surface area (TPSA) is 87.0 Å². The third-order valence-electron chi connectivity index (χ3n) is 14.0. The summed E-state index contributed by atoms with van der Waals surface area (Å²) in [4.78, 5) is 56.6. The summed E-state index contributed by atoms with van der Waals surface area (Å²) in [5.74, 6) is -1.11. The van der Waals surface area contributed by atoms with Crippen LogP contribution in [0.1, 0.15) is 78.1 Å². The number of piperazine rings is 1. The number of carbonyl (C=O) groups excluding carboxylic acids is 3. The Balaban J connectivity index is 0.720. The van der Waals surface area contributed by atoms with Gasteiger partial charge in [0.05, 0.1) is 17.7 Å². The first-order valence-corrected chi connectivity index (χ1v) is 21.5. The second kappa shape index (κ2) is 15.7. The molecule has 5 saturated heterocycles. The minimum absolute atomic E-state index is 0.322. The Morgan fingerprint density at radius 3 is 2.17 bits per heavy atom. The molecular weight excluding hydrogens is 748 g/mol. The molecule has 6 heterocycles. The zero-order chi connectivity index (χ0) is 40.1. The molecule has 2 atom stereocenters. The van der Waals surface area contributed by atoms with Crippen molar-refractivity contribution in [3.63, 3.8) is 0 Å². The molecule has 5 fully saturated rings. The van der Waals surface area contributed by atoms with E-state index in [0.29, 0.717) is 57.9 Å². The molecule has 3 aromatic rings. The van der Waals surface area contributed by atoms with Crippen molar-refractivity contribution in [1.29, 1.82) is 0 Å². The van der Waals surface area contributed by atoms with Crippen molar-refractivity contribution in [3.8, 4) is 0 Å². The first-order chi connectivity index (χ1) is 28.1. The van der Waals surface area contributed by atoms with Gasteiger partial charge in [0, 0.05) is 105 Å². The number of halogens is 1. The first kappa shape index (κ1) is 38.6. The predicted molar refractivity (Wildman–Crippen MR) is 229 cm³/mol. The van der Waals surface area contributed by atoms with Gasteiger partial charge in [-0.15, -0.1) is 0 Å². The maximum Gasteiger partial charge on any atom is 0.262 e. The molecule has 12 heteroatoms. The van der Waals surface area contributed by atoms with Gasteiger partial charge in [-0.2, -0.15) is 0 Å². The summed E-state index contributed by atoms with van der Waals surface area (Å²) in [7, 11) is 0. The summed E-state index contributed by atoms with van der Waals surface area (Å²) in [5, 5.41) is 3.24. The molecule has 0 radical (unpaired) electrons. The third kappa shape index (κ3) is 7.35. The number of benzene rings is 3. The molecule has 1 unspecified atom stereocenters. The Morgan fingerprint density at radius 2 is 1.48 bits per heavy atom. The van der Waals surface area contributed by atoms with E-state index in [9.17, 15) is 14.4 Å². The largest absolute Gasteiger partial charge is 0.371 e. The zero-order valence-corrected chi connectivity index (χ0v) is 34.2. The van der Waals surface area contributed by atoms with Crippen molar-refractivity contribution < 1.29 is 14.4 Å². The number of nitrogens with one attached hydrogen (secondary N) is 1. The number of hydrogen-bond donors (Lipinski definition) is 1.